The largest absolute Gasteiger partial charge is 0.484 e. The Bertz CT molecular complexity index is 1170. The van der Waals surface area contributed by atoms with Gasteiger partial charge in [-0.25, -0.2) is 0 Å². The molecular formula is C29H36N4O3. The third kappa shape index (κ3) is 5.04. The van der Waals surface area contributed by atoms with Crippen LogP contribution in [0, 0.1) is 5.92 Å². The molecule has 5 rings (SSSR count). The summed E-state index contributed by atoms with van der Waals surface area (Å²) in [6.45, 7) is 6.91. The summed E-state index contributed by atoms with van der Waals surface area (Å²) in [6.07, 6.45) is 1.98. The number of hydrogen-bond donors (Lipinski definition) is 3. The maximum atomic E-state index is 12.8. The fraction of sp³-hybridized carbons (Fsp3) is 0.448. The second-order valence-corrected chi connectivity index (χ2v) is 10.6. The minimum absolute atomic E-state index is 0.0842. The normalized spacial score (nSPS) is 21.0. The number of aliphatic hydroxyl groups is 1. The van der Waals surface area contributed by atoms with E-state index in [0.717, 1.165) is 61.4 Å². The molecule has 1 aromatic heterocycles. The molecule has 2 heterocycles. The van der Waals surface area contributed by atoms with E-state index in [4.69, 9.17) is 4.74 Å². The number of ether oxygens (including phenoxy) is 1. The Morgan fingerprint density at radius 3 is 2.64 bits per heavy atom. The van der Waals surface area contributed by atoms with Gasteiger partial charge in [-0.05, 0) is 67.6 Å². The van der Waals surface area contributed by atoms with Gasteiger partial charge in [-0.1, -0.05) is 56.3 Å². The van der Waals surface area contributed by atoms with E-state index < -0.39 is 12.1 Å². The van der Waals surface area contributed by atoms with Crippen molar-refractivity contribution < 1.29 is 14.6 Å². The lowest BCUT2D eigenvalue weighted by molar-refractivity contribution is -0.125. The van der Waals surface area contributed by atoms with Crippen LogP contribution in [0.15, 0.2) is 60.7 Å². The Labute approximate surface area is 212 Å². The van der Waals surface area contributed by atoms with Crippen molar-refractivity contribution in [2.75, 3.05) is 19.7 Å². The molecule has 3 aromatic rings. The summed E-state index contributed by atoms with van der Waals surface area (Å²) in [5.74, 6) is 0.999. The molecule has 0 bridgehead atoms. The average molecular weight is 489 g/mol. The fourth-order valence-electron chi connectivity index (χ4n) is 5.84. The van der Waals surface area contributed by atoms with Crippen LogP contribution in [-0.4, -0.2) is 51.9 Å². The van der Waals surface area contributed by atoms with Gasteiger partial charge in [-0.2, -0.15) is 5.10 Å². The molecule has 3 N–H and O–H groups in total. The quantitative estimate of drug-likeness (QED) is 0.449. The molecule has 0 saturated carbocycles. The number of piperidine rings is 1. The molecule has 0 radical (unpaired) electrons. The minimum atomic E-state index is -0.678. The highest BCUT2D eigenvalue weighted by molar-refractivity contribution is 5.78. The fourth-order valence-corrected chi connectivity index (χ4v) is 5.84. The minimum Gasteiger partial charge on any atom is -0.484 e. The molecule has 2 aromatic carbocycles. The molecule has 36 heavy (non-hydrogen) atoms. The molecule has 0 unspecified atom stereocenters. The van der Waals surface area contributed by atoms with Crippen molar-refractivity contribution in [2.45, 2.75) is 57.2 Å². The van der Waals surface area contributed by atoms with E-state index in [2.05, 4.69) is 46.4 Å². The van der Waals surface area contributed by atoms with E-state index in [1.54, 1.807) is 0 Å². The standard InChI is InChI=1S/C29H36N4O3/c1-20(2)16-21-17-22(32-31-21)18-33-14-12-29(13-15-33)25-11-7-6-10-24(25)27(28(29)35)30-26(34)19-36-23-8-4-3-5-9-23/h3-11,17,20,27-28,35H,12-16,18-19H2,1-2H3,(H,30,34)(H,31,32)/t27-,28+/m1/s1. The van der Waals surface area contributed by atoms with Crippen molar-refractivity contribution >= 4 is 5.91 Å². The van der Waals surface area contributed by atoms with Crippen LogP contribution in [0.4, 0.5) is 0 Å². The highest BCUT2D eigenvalue weighted by Gasteiger charge is 2.52. The van der Waals surface area contributed by atoms with Gasteiger partial charge in [0.15, 0.2) is 6.61 Å². The number of para-hydroxylation sites is 1. The molecule has 190 valence electrons. The van der Waals surface area contributed by atoms with Gasteiger partial charge < -0.3 is 15.2 Å². The number of carbonyl (C=O) groups excluding carboxylic acids is 1. The van der Waals surface area contributed by atoms with E-state index in [1.807, 2.05) is 48.5 Å². The number of aromatic amines is 1. The van der Waals surface area contributed by atoms with Crippen molar-refractivity contribution in [1.82, 2.24) is 20.4 Å². The third-order valence-corrected chi connectivity index (χ3v) is 7.59. The number of nitrogens with zero attached hydrogens (tertiary/aromatic N) is 2. The smallest absolute Gasteiger partial charge is 0.258 e. The van der Waals surface area contributed by atoms with Gasteiger partial charge in [0.05, 0.1) is 17.8 Å². The zero-order valence-electron chi connectivity index (χ0n) is 21.1. The maximum absolute atomic E-state index is 12.8. The zero-order valence-corrected chi connectivity index (χ0v) is 21.1. The van der Waals surface area contributed by atoms with Crippen molar-refractivity contribution in [3.63, 3.8) is 0 Å². The second kappa shape index (κ2) is 10.4. The lowest BCUT2D eigenvalue weighted by Crippen LogP contribution is -2.50. The number of carbonyl (C=O) groups is 1. The first-order valence-corrected chi connectivity index (χ1v) is 12.9. The van der Waals surface area contributed by atoms with Crippen molar-refractivity contribution in [1.29, 1.82) is 0 Å². The van der Waals surface area contributed by atoms with Crippen molar-refractivity contribution in [3.05, 3.63) is 83.2 Å². The first-order valence-electron chi connectivity index (χ1n) is 12.9. The lowest BCUT2D eigenvalue weighted by atomic mass is 9.72. The van der Waals surface area contributed by atoms with Gasteiger partial charge in [-0.15, -0.1) is 0 Å². The Kier molecular flexibility index (Phi) is 7.12. The number of benzene rings is 2. The average Bonchev–Trinajstić information content (AvgIpc) is 3.40. The van der Waals surface area contributed by atoms with E-state index in [9.17, 15) is 9.90 Å². The summed E-state index contributed by atoms with van der Waals surface area (Å²) in [5, 5.41) is 22.3. The Morgan fingerprint density at radius 2 is 1.89 bits per heavy atom. The second-order valence-electron chi connectivity index (χ2n) is 10.6. The number of H-pyrrole nitrogens is 1. The van der Waals surface area contributed by atoms with E-state index in [-0.39, 0.29) is 17.9 Å². The van der Waals surface area contributed by atoms with E-state index in [1.165, 1.54) is 0 Å². The summed E-state index contributed by atoms with van der Waals surface area (Å²) < 4.78 is 5.62. The van der Waals surface area contributed by atoms with Gasteiger partial charge in [0.25, 0.3) is 5.91 Å². The summed E-state index contributed by atoms with van der Waals surface area (Å²) in [6, 6.07) is 19.2. The summed E-state index contributed by atoms with van der Waals surface area (Å²) in [4.78, 5) is 15.2. The number of aromatic nitrogens is 2. The van der Waals surface area contributed by atoms with Crippen LogP contribution in [0.5, 0.6) is 5.75 Å². The molecule has 1 aliphatic heterocycles. The molecule has 1 fully saturated rings. The number of amides is 1. The topological polar surface area (TPSA) is 90.5 Å². The first kappa shape index (κ1) is 24.5. The van der Waals surface area contributed by atoms with Crippen LogP contribution in [0.3, 0.4) is 0 Å². The first-order chi connectivity index (χ1) is 17.4. The van der Waals surface area contributed by atoms with Crippen LogP contribution < -0.4 is 10.1 Å². The molecule has 1 spiro atoms. The molecule has 1 amide bonds. The van der Waals surface area contributed by atoms with Gasteiger partial charge in [0, 0.05) is 17.7 Å². The number of fused-ring (bicyclic) bond motifs is 2. The SMILES string of the molecule is CC(C)Cc1cc(CN2CCC3(CC2)c2ccccc2[C@@H](NC(=O)COc2ccccc2)[C@@H]3O)[nH]n1. The molecule has 7 nitrogen and oxygen atoms in total. The number of nitrogens with one attached hydrogen (secondary N) is 2. The number of aliphatic hydroxyl groups excluding tert-OH is 1. The molecule has 1 aliphatic carbocycles. The molecular weight excluding hydrogens is 452 g/mol. The Hall–Kier alpha value is -3.16. The van der Waals surface area contributed by atoms with E-state index >= 15 is 0 Å². The van der Waals surface area contributed by atoms with Crippen LogP contribution >= 0.6 is 0 Å². The summed E-state index contributed by atoms with van der Waals surface area (Å²) in [7, 11) is 0. The molecule has 2 aliphatic rings. The number of hydrogen-bond acceptors (Lipinski definition) is 5. The van der Waals surface area contributed by atoms with Crippen LogP contribution in [0.1, 0.15) is 55.2 Å². The number of rotatable bonds is 8. The van der Waals surface area contributed by atoms with Gasteiger partial charge in [-0.3, -0.25) is 14.8 Å². The van der Waals surface area contributed by atoms with Gasteiger partial charge in [0.1, 0.15) is 5.75 Å². The van der Waals surface area contributed by atoms with Gasteiger partial charge in [0.2, 0.25) is 0 Å². The van der Waals surface area contributed by atoms with Crippen LogP contribution in [0.2, 0.25) is 0 Å². The maximum Gasteiger partial charge on any atom is 0.258 e. The highest BCUT2D eigenvalue weighted by Crippen LogP contribution is 2.51. The molecule has 2 atom stereocenters. The lowest BCUT2D eigenvalue weighted by Gasteiger charge is -2.42. The number of likely N-dealkylation sites (tertiary alicyclic amines) is 1. The molecule has 1 saturated heterocycles. The van der Waals surface area contributed by atoms with Crippen molar-refractivity contribution in [2.24, 2.45) is 5.92 Å². The summed E-state index contributed by atoms with van der Waals surface area (Å²) in [5.41, 5.74) is 4.06. The summed E-state index contributed by atoms with van der Waals surface area (Å²) >= 11 is 0. The predicted octanol–water partition coefficient (Wildman–Crippen LogP) is 3.75. The van der Waals surface area contributed by atoms with Gasteiger partial charge >= 0.3 is 0 Å². The van der Waals surface area contributed by atoms with Crippen LogP contribution in [-0.2, 0) is 23.2 Å². The zero-order chi connectivity index (χ0) is 25.1. The predicted molar refractivity (Wildman–Crippen MR) is 139 cm³/mol. The third-order valence-electron chi connectivity index (χ3n) is 7.59. The Morgan fingerprint density at radius 1 is 1.17 bits per heavy atom. The van der Waals surface area contributed by atoms with Crippen LogP contribution in [0.25, 0.3) is 0 Å². The molecule has 7 heteroatoms. The van der Waals surface area contributed by atoms with E-state index in [0.29, 0.717) is 11.7 Å². The Balaban J connectivity index is 1.24. The highest BCUT2D eigenvalue weighted by atomic mass is 16.5. The van der Waals surface area contributed by atoms with Crippen molar-refractivity contribution in [3.8, 4) is 5.75 Å². The monoisotopic (exact) mass is 488 g/mol.